The molecule has 0 atom stereocenters. The Labute approximate surface area is 104 Å². The first-order valence-corrected chi connectivity index (χ1v) is 5.46. The highest BCUT2D eigenvalue weighted by Crippen LogP contribution is 2.10. The van der Waals surface area contributed by atoms with Crippen molar-refractivity contribution >= 4 is 5.91 Å². The van der Waals surface area contributed by atoms with Crippen LogP contribution in [0.1, 0.15) is 21.6 Å². The number of aryl methyl sites for hydroxylation is 1. The second kappa shape index (κ2) is 5.35. The van der Waals surface area contributed by atoms with Crippen molar-refractivity contribution in [2.45, 2.75) is 13.5 Å². The smallest absolute Gasteiger partial charge is 0.251 e. The van der Waals surface area contributed by atoms with Gasteiger partial charge in [-0.2, -0.15) is 0 Å². The lowest BCUT2D eigenvalue weighted by atomic mass is 10.1. The molecule has 0 spiro atoms. The van der Waals surface area contributed by atoms with Crippen LogP contribution in [0.4, 0.5) is 4.39 Å². The Balaban J connectivity index is 2.04. The quantitative estimate of drug-likeness (QED) is 0.897. The van der Waals surface area contributed by atoms with E-state index >= 15 is 0 Å². The van der Waals surface area contributed by atoms with E-state index in [-0.39, 0.29) is 11.7 Å². The van der Waals surface area contributed by atoms with Crippen LogP contribution in [-0.4, -0.2) is 15.9 Å². The van der Waals surface area contributed by atoms with Gasteiger partial charge < -0.3 is 5.32 Å². The Morgan fingerprint density at radius 1 is 1.39 bits per heavy atom. The summed E-state index contributed by atoms with van der Waals surface area (Å²) in [6.45, 7) is 2.01. The maximum absolute atomic E-state index is 12.9. The van der Waals surface area contributed by atoms with Crippen molar-refractivity contribution in [1.82, 2.24) is 15.3 Å². The molecule has 0 aliphatic rings. The monoisotopic (exact) mass is 245 g/mol. The van der Waals surface area contributed by atoms with Crippen molar-refractivity contribution in [2.75, 3.05) is 0 Å². The molecule has 92 valence electrons. The summed E-state index contributed by atoms with van der Waals surface area (Å²) in [7, 11) is 0. The van der Waals surface area contributed by atoms with Crippen LogP contribution in [0.25, 0.3) is 0 Å². The standard InChI is InChI=1S/C13H12FN3O/c1-9-6-10(14)2-3-12(9)13(18)16-7-11-4-5-15-8-17-11/h2-6,8H,7H2,1H3,(H,16,18). The van der Waals surface area contributed by atoms with Crippen LogP contribution in [0, 0.1) is 12.7 Å². The molecule has 2 aromatic rings. The number of aromatic nitrogens is 2. The van der Waals surface area contributed by atoms with Crippen LogP contribution in [0.2, 0.25) is 0 Å². The van der Waals surface area contributed by atoms with Gasteiger partial charge in [0.05, 0.1) is 12.2 Å². The van der Waals surface area contributed by atoms with Gasteiger partial charge in [0.1, 0.15) is 12.1 Å². The highest BCUT2D eigenvalue weighted by Gasteiger charge is 2.09. The van der Waals surface area contributed by atoms with Gasteiger partial charge in [-0.25, -0.2) is 14.4 Å². The number of rotatable bonds is 3. The van der Waals surface area contributed by atoms with E-state index in [0.717, 1.165) is 5.69 Å². The fraction of sp³-hybridized carbons (Fsp3) is 0.154. The van der Waals surface area contributed by atoms with Crippen molar-refractivity contribution in [1.29, 1.82) is 0 Å². The zero-order valence-corrected chi connectivity index (χ0v) is 9.85. The van der Waals surface area contributed by atoms with Crippen molar-refractivity contribution in [3.05, 3.63) is 59.4 Å². The minimum absolute atomic E-state index is 0.244. The molecule has 1 aromatic heterocycles. The highest BCUT2D eigenvalue weighted by molar-refractivity contribution is 5.95. The van der Waals surface area contributed by atoms with Gasteiger partial charge >= 0.3 is 0 Å². The maximum atomic E-state index is 12.9. The van der Waals surface area contributed by atoms with Gasteiger partial charge in [-0.05, 0) is 36.8 Å². The van der Waals surface area contributed by atoms with Crippen LogP contribution in [0.5, 0.6) is 0 Å². The number of hydrogen-bond donors (Lipinski definition) is 1. The number of amides is 1. The van der Waals surface area contributed by atoms with E-state index in [0.29, 0.717) is 17.7 Å². The highest BCUT2D eigenvalue weighted by atomic mass is 19.1. The number of benzene rings is 1. The third-order valence-corrected chi connectivity index (χ3v) is 2.51. The molecule has 0 bridgehead atoms. The number of carbonyl (C=O) groups is 1. The molecule has 4 nitrogen and oxygen atoms in total. The first-order valence-electron chi connectivity index (χ1n) is 5.46. The first kappa shape index (κ1) is 12.2. The van der Waals surface area contributed by atoms with E-state index in [1.165, 1.54) is 24.5 Å². The number of hydrogen-bond acceptors (Lipinski definition) is 3. The average Bonchev–Trinajstić information content (AvgIpc) is 2.37. The Kier molecular flexibility index (Phi) is 3.62. The van der Waals surface area contributed by atoms with Crippen molar-refractivity contribution < 1.29 is 9.18 Å². The van der Waals surface area contributed by atoms with Crippen LogP contribution < -0.4 is 5.32 Å². The number of carbonyl (C=O) groups excluding carboxylic acids is 1. The molecule has 0 fully saturated rings. The Bertz CT molecular complexity index is 557. The second-order valence-corrected chi connectivity index (χ2v) is 3.84. The van der Waals surface area contributed by atoms with Crippen LogP contribution in [-0.2, 0) is 6.54 Å². The summed E-state index contributed by atoms with van der Waals surface area (Å²) in [5.74, 6) is -0.592. The molecule has 1 N–H and O–H groups in total. The molecule has 0 radical (unpaired) electrons. The number of halogens is 1. The molecule has 0 saturated carbocycles. The third-order valence-electron chi connectivity index (χ3n) is 2.51. The van der Waals surface area contributed by atoms with Gasteiger partial charge in [0, 0.05) is 11.8 Å². The molecular weight excluding hydrogens is 233 g/mol. The van der Waals surface area contributed by atoms with E-state index in [4.69, 9.17) is 0 Å². The summed E-state index contributed by atoms with van der Waals surface area (Å²) in [6.07, 6.45) is 3.03. The van der Waals surface area contributed by atoms with Crippen LogP contribution >= 0.6 is 0 Å². The third kappa shape index (κ3) is 2.88. The van der Waals surface area contributed by atoms with Crippen molar-refractivity contribution in [3.8, 4) is 0 Å². The fourth-order valence-electron chi connectivity index (χ4n) is 1.57. The van der Waals surface area contributed by atoms with Crippen molar-refractivity contribution in [3.63, 3.8) is 0 Å². The molecule has 5 heteroatoms. The number of nitrogens with zero attached hydrogens (tertiary/aromatic N) is 2. The summed E-state index contributed by atoms with van der Waals surface area (Å²) in [4.78, 5) is 19.7. The molecular formula is C13H12FN3O. The topological polar surface area (TPSA) is 54.9 Å². The molecule has 1 aromatic carbocycles. The first-order chi connectivity index (χ1) is 8.66. The molecule has 0 aliphatic heterocycles. The van der Waals surface area contributed by atoms with Crippen molar-refractivity contribution in [2.24, 2.45) is 0 Å². The molecule has 0 saturated heterocycles. The van der Waals surface area contributed by atoms with Gasteiger partial charge in [-0.15, -0.1) is 0 Å². The lowest BCUT2D eigenvalue weighted by Crippen LogP contribution is -2.24. The fourth-order valence-corrected chi connectivity index (χ4v) is 1.57. The molecule has 0 unspecified atom stereocenters. The van der Waals surface area contributed by atoms with Gasteiger partial charge in [0.2, 0.25) is 0 Å². The maximum Gasteiger partial charge on any atom is 0.251 e. The number of nitrogens with one attached hydrogen (secondary N) is 1. The molecule has 0 aliphatic carbocycles. The average molecular weight is 245 g/mol. The predicted octanol–water partition coefficient (Wildman–Crippen LogP) is 1.85. The Morgan fingerprint density at radius 2 is 2.22 bits per heavy atom. The second-order valence-electron chi connectivity index (χ2n) is 3.84. The Hall–Kier alpha value is -2.30. The zero-order valence-electron chi connectivity index (χ0n) is 9.85. The van der Waals surface area contributed by atoms with Crippen LogP contribution in [0.3, 0.4) is 0 Å². The summed E-state index contributed by atoms with van der Waals surface area (Å²) in [5.41, 5.74) is 1.79. The largest absolute Gasteiger partial charge is 0.346 e. The van der Waals surface area contributed by atoms with E-state index < -0.39 is 0 Å². The normalized spacial score (nSPS) is 10.1. The summed E-state index contributed by atoms with van der Waals surface area (Å²) in [6, 6.07) is 5.80. The van der Waals surface area contributed by atoms with Gasteiger partial charge in [-0.1, -0.05) is 0 Å². The predicted molar refractivity (Wildman–Crippen MR) is 64.3 cm³/mol. The van der Waals surface area contributed by atoms with E-state index in [9.17, 15) is 9.18 Å². The van der Waals surface area contributed by atoms with Gasteiger partial charge in [0.15, 0.2) is 0 Å². The summed E-state index contributed by atoms with van der Waals surface area (Å²) >= 11 is 0. The lowest BCUT2D eigenvalue weighted by molar-refractivity contribution is 0.0949. The summed E-state index contributed by atoms with van der Waals surface area (Å²) in [5, 5.41) is 2.72. The van der Waals surface area contributed by atoms with Gasteiger partial charge in [0.25, 0.3) is 5.91 Å². The molecule has 2 rings (SSSR count). The zero-order chi connectivity index (χ0) is 13.0. The minimum Gasteiger partial charge on any atom is -0.346 e. The summed E-state index contributed by atoms with van der Waals surface area (Å²) < 4.78 is 12.9. The van der Waals surface area contributed by atoms with E-state index in [1.54, 1.807) is 19.2 Å². The molecule has 1 heterocycles. The lowest BCUT2D eigenvalue weighted by Gasteiger charge is -2.07. The minimum atomic E-state index is -0.347. The Morgan fingerprint density at radius 3 is 2.89 bits per heavy atom. The van der Waals surface area contributed by atoms with Crippen LogP contribution in [0.15, 0.2) is 36.8 Å². The van der Waals surface area contributed by atoms with Gasteiger partial charge in [-0.3, -0.25) is 4.79 Å². The molecule has 18 heavy (non-hydrogen) atoms. The SMILES string of the molecule is Cc1cc(F)ccc1C(=O)NCc1ccncn1. The molecule has 1 amide bonds. The van der Waals surface area contributed by atoms with E-state index in [2.05, 4.69) is 15.3 Å². The van der Waals surface area contributed by atoms with E-state index in [1.807, 2.05) is 0 Å².